The fourth-order valence-corrected chi connectivity index (χ4v) is 6.16. The largest absolute Gasteiger partial charge is 0.243 e. The molecule has 2 aromatic rings. The molecule has 24 heavy (non-hydrogen) atoms. The van der Waals surface area contributed by atoms with Crippen molar-refractivity contribution < 1.29 is 8.42 Å². The minimum atomic E-state index is -3.42. The number of rotatable bonds is 3. The first kappa shape index (κ1) is 17.5. The van der Waals surface area contributed by atoms with Crippen molar-refractivity contribution in [2.75, 3.05) is 18.8 Å². The highest BCUT2D eigenvalue weighted by Gasteiger charge is 2.29. The van der Waals surface area contributed by atoms with Gasteiger partial charge in [0.1, 0.15) is 0 Å². The van der Waals surface area contributed by atoms with E-state index in [9.17, 15) is 8.42 Å². The van der Waals surface area contributed by atoms with E-state index in [4.69, 9.17) is 0 Å². The maximum atomic E-state index is 13.0. The summed E-state index contributed by atoms with van der Waals surface area (Å²) in [7, 11) is -3.42. The molecule has 0 spiro atoms. The lowest BCUT2D eigenvalue weighted by Gasteiger charge is -2.21. The summed E-state index contributed by atoms with van der Waals surface area (Å²) in [5, 5.41) is 0.366. The number of aryl methyl sites for hydroxylation is 2. The zero-order valence-corrected chi connectivity index (χ0v) is 15.7. The lowest BCUT2D eigenvalue weighted by Crippen LogP contribution is -2.33. The van der Waals surface area contributed by atoms with Crippen molar-refractivity contribution in [1.82, 2.24) is 4.31 Å². The number of hydrogen-bond donors (Lipinski definition) is 0. The summed E-state index contributed by atoms with van der Waals surface area (Å²) < 4.78 is 27.7. The Morgan fingerprint density at radius 1 is 1.04 bits per heavy atom. The van der Waals surface area contributed by atoms with E-state index in [2.05, 4.69) is 12.1 Å². The van der Waals surface area contributed by atoms with E-state index in [0.29, 0.717) is 23.2 Å². The van der Waals surface area contributed by atoms with Gasteiger partial charge in [-0.1, -0.05) is 48.0 Å². The van der Waals surface area contributed by atoms with E-state index in [-0.39, 0.29) is 0 Å². The number of nitrogens with zero attached hydrogens (tertiary/aromatic N) is 1. The molecule has 0 aliphatic carbocycles. The van der Waals surface area contributed by atoms with Crippen LogP contribution in [0.15, 0.2) is 53.4 Å². The molecule has 128 valence electrons. The smallest absolute Gasteiger partial charge is 0.207 e. The zero-order valence-electron chi connectivity index (χ0n) is 14.1. The van der Waals surface area contributed by atoms with E-state index in [1.54, 1.807) is 10.4 Å². The highest BCUT2D eigenvalue weighted by molar-refractivity contribution is 7.99. The van der Waals surface area contributed by atoms with Crippen molar-refractivity contribution in [2.45, 2.75) is 30.4 Å². The van der Waals surface area contributed by atoms with E-state index in [1.807, 2.05) is 55.9 Å². The van der Waals surface area contributed by atoms with Gasteiger partial charge in [-0.05, 0) is 37.5 Å². The molecule has 1 fully saturated rings. The number of thioether (sulfide) groups is 1. The van der Waals surface area contributed by atoms with Crippen molar-refractivity contribution in [3.05, 3.63) is 65.2 Å². The predicted molar refractivity (Wildman–Crippen MR) is 101 cm³/mol. The molecule has 1 aliphatic rings. The van der Waals surface area contributed by atoms with Gasteiger partial charge in [0.2, 0.25) is 10.0 Å². The van der Waals surface area contributed by atoms with Gasteiger partial charge in [0.15, 0.2) is 0 Å². The molecule has 0 amide bonds. The Labute approximate surface area is 149 Å². The Balaban J connectivity index is 1.80. The van der Waals surface area contributed by atoms with Gasteiger partial charge in [0.05, 0.1) is 4.90 Å². The topological polar surface area (TPSA) is 37.4 Å². The van der Waals surface area contributed by atoms with Crippen LogP contribution in [0.4, 0.5) is 0 Å². The third-order valence-corrected chi connectivity index (χ3v) is 7.81. The monoisotopic (exact) mass is 361 g/mol. The molecule has 3 nitrogen and oxygen atoms in total. The van der Waals surface area contributed by atoms with Crippen molar-refractivity contribution in [3.8, 4) is 0 Å². The molecule has 0 radical (unpaired) electrons. The maximum absolute atomic E-state index is 13.0. The molecule has 0 saturated carbocycles. The molecule has 1 saturated heterocycles. The quantitative estimate of drug-likeness (QED) is 0.823. The van der Waals surface area contributed by atoms with E-state index < -0.39 is 10.0 Å². The van der Waals surface area contributed by atoms with E-state index >= 15 is 0 Å². The van der Waals surface area contributed by atoms with Gasteiger partial charge in [-0.25, -0.2) is 8.42 Å². The van der Waals surface area contributed by atoms with E-state index in [1.165, 1.54) is 5.56 Å². The fourth-order valence-electron chi connectivity index (χ4n) is 3.15. The Hall–Kier alpha value is -1.30. The van der Waals surface area contributed by atoms with Crippen LogP contribution in [0.1, 0.15) is 28.4 Å². The average molecular weight is 362 g/mol. The van der Waals surface area contributed by atoms with Crippen LogP contribution >= 0.6 is 11.8 Å². The molecule has 0 bridgehead atoms. The van der Waals surface area contributed by atoms with Crippen LogP contribution in [0.25, 0.3) is 0 Å². The zero-order chi connectivity index (χ0) is 17.2. The summed E-state index contributed by atoms with van der Waals surface area (Å²) in [4.78, 5) is 0.441. The Kier molecular flexibility index (Phi) is 5.33. The summed E-state index contributed by atoms with van der Waals surface area (Å²) in [6.45, 7) is 5.00. The van der Waals surface area contributed by atoms with Gasteiger partial charge in [-0.15, -0.1) is 0 Å². The van der Waals surface area contributed by atoms with Gasteiger partial charge in [-0.2, -0.15) is 16.1 Å². The number of hydrogen-bond acceptors (Lipinski definition) is 3. The van der Waals surface area contributed by atoms with Crippen LogP contribution in [0.2, 0.25) is 0 Å². The maximum Gasteiger partial charge on any atom is 0.243 e. The van der Waals surface area contributed by atoms with Gasteiger partial charge in [-0.3, -0.25) is 0 Å². The molecule has 1 unspecified atom stereocenters. The van der Waals surface area contributed by atoms with Gasteiger partial charge < -0.3 is 0 Å². The second-order valence-corrected chi connectivity index (χ2v) is 9.45. The minimum Gasteiger partial charge on any atom is -0.207 e. The van der Waals surface area contributed by atoms with Crippen LogP contribution in [-0.2, 0) is 10.0 Å². The molecule has 3 rings (SSSR count). The lowest BCUT2D eigenvalue weighted by atomic mass is 10.1. The number of benzene rings is 2. The molecule has 1 atom stereocenters. The summed E-state index contributed by atoms with van der Waals surface area (Å²) in [5.41, 5.74) is 3.20. The molecular weight excluding hydrogens is 338 g/mol. The summed E-state index contributed by atoms with van der Waals surface area (Å²) in [6, 6.07) is 15.9. The predicted octanol–water partition coefficient (Wildman–Crippen LogP) is 4.17. The number of sulfonamides is 1. The van der Waals surface area contributed by atoms with Crippen molar-refractivity contribution in [1.29, 1.82) is 0 Å². The highest BCUT2D eigenvalue weighted by Crippen LogP contribution is 2.35. The summed E-state index contributed by atoms with van der Waals surface area (Å²) in [6.07, 6.45) is 0.846. The Morgan fingerprint density at radius 2 is 1.79 bits per heavy atom. The molecule has 1 heterocycles. The molecule has 0 N–H and O–H groups in total. The molecule has 0 aromatic heterocycles. The molecular formula is C19H23NO2S2. The highest BCUT2D eigenvalue weighted by atomic mass is 32.2. The van der Waals surface area contributed by atoms with Crippen LogP contribution in [0, 0.1) is 13.8 Å². The second kappa shape index (κ2) is 7.30. The van der Waals surface area contributed by atoms with Gasteiger partial charge in [0, 0.05) is 24.1 Å². The Bertz CT molecular complexity index is 803. The third-order valence-electron chi connectivity index (χ3n) is 4.42. The fraction of sp³-hybridized carbons (Fsp3) is 0.368. The van der Waals surface area contributed by atoms with Crippen molar-refractivity contribution in [2.24, 2.45) is 0 Å². The first-order valence-electron chi connectivity index (χ1n) is 8.22. The minimum absolute atomic E-state index is 0.366. The third kappa shape index (κ3) is 3.68. The normalized spacial score (nSPS) is 19.8. The first-order valence-corrected chi connectivity index (χ1v) is 10.7. The second-order valence-electron chi connectivity index (χ2n) is 6.23. The first-order chi connectivity index (χ1) is 11.5. The Morgan fingerprint density at radius 3 is 2.50 bits per heavy atom. The standard InChI is InChI=1S/C19H23NO2S2/c1-15-8-9-19(16(2)14-15)24(21,22)20-11-10-18(23-13-12-20)17-6-4-3-5-7-17/h3-9,14,18H,10-13H2,1-2H3. The molecule has 1 aliphatic heterocycles. The molecule has 5 heteroatoms. The average Bonchev–Trinajstić information content (AvgIpc) is 2.82. The molecule has 2 aromatic carbocycles. The van der Waals surface area contributed by atoms with E-state index in [0.717, 1.165) is 23.3 Å². The summed E-state index contributed by atoms with van der Waals surface area (Å²) in [5.74, 6) is 0.823. The summed E-state index contributed by atoms with van der Waals surface area (Å²) >= 11 is 1.85. The van der Waals surface area contributed by atoms with Crippen molar-refractivity contribution >= 4 is 21.8 Å². The van der Waals surface area contributed by atoms with Gasteiger partial charge in [0.25, 0.3) is 0 Å². The lowest BCUT2D eigenvalue weighted by molar-refractivity contribution is 0.427. The van der Waals surface area contributed by atoms with Crippen LogP contribution in [-0.4, -0.2) is 31.6 Å². The van der Waals surface area contributed by atoms with Crippen LogP contribution in [0.5, 0.6) is 0 Å². The van der Waals surface area contributed by atoms with Crippen LogP contribution in [0.3, 0.4) is 0 Å². The SMILES string of the molecule is Cc1ccc(S(=O)(=O)N2CCSC(c3ccccc3)CC2)c(C)c1. The van der Waals surface area contributed by atoms with Crippen LogP contribution < -0.4 is 0 Å². The van der Waals surface area contributed by atoms with Crippen molar-refractivity contribution in [3.63, 3.8) is 0 Å². The van der Waals surface area contributed by atoms with Gasteiger partial charge >= 0.3 is 0 Å².